The van der Waals surface area contributed by atoms with Crippen LogP contribution in [0.4, 0.5) is 10.5 Å². The quantitative estimate of drug-likeness (QED) is 0.817. The Morgan fingerprint density at radius 1 is 1.24 bits per heavy atom. The molecule has 1 aromatic rings. The second kappa shape index (κ2) is 6.52. The summed E-state index contributed by atoms with van der Waals surface area (Å²) in [5.74, 6) is -0.364. The number of benzene rings is 1. The molecule has 0 bridgehead atoms. The number of carbonyl (C=O) groups is 2. The number of amides is 1. The molecule has 5 heteroatoms. The number of methoxy groups -OCH3 is 1. The number of anilines is 1. The van der Waals surface area contributed by atoms with Gasteiger partial charge in [0.15, 0.2) is 0 Å². The van der Waals surface area contributed by atoms with Crippen molar-refractivity contribution in [2.75, 3.05) is 19.0 Å². The van der Waals surface area contributed by atoms with E-state index in [1.54, 1.807) is 24.3 Å². The van der Waals surface area contributed by atoms with Crippen molar-refractivity contribution in [2.45, 2.75) is 13.3 Å². The van der Waals surface area contributed by atoms with E-state index in [2.05, 4.69) is 10.1 Å². The fourth-order valence-corrected chi connectivity index (χ4v) is 1.14. The molecule has 5 nitrogen and oxygen atoms in total. The van der Waals surface area contributed by atoms with E-state index >= 15 is 0 Å². The topological polar surface area (TPSA) is 64.6 Å². The van der Waals surface area contributed by atoms with E-state index < -0.39 is 6.09 Å². The molecule has 17 heavy (non-hydrogen) atoms. The third-order valence-corrected chi connectivity index (χ3v) is 1.99. The van der Waals surface area contributed by atoms with E-state index in [1.165, 1.54) is 7.11 Å². The summed E-state index contributed by atoms with van der Waals surface area (Å²) in [7, 11) is 1.28. The van der Waals surface area contributed by atoms with Gasteiger partial charge in [0.05, 0.1) is 19.3 Å². The summed E-state index contributed by atoms with van der Waals surface area (Å²) in [5, 5.41) is 2.49. The number of ether oxygens (including phenoxy) is 2. The minimum absolute atomic E-state index is 0.364. The maximum absolute atomic E-state index is 11.5. The lowest BCUT2D eigenvalue weighted by Crippen LogP contribution is -2.11. The van der Waals surface area contributed by atoms with Crippen molar-refractivity contribution >= 4 is 17.7 Å². The van der Waals surface area contributed by atoms with Gasteiger partial charge >= 0.3 is 12.1 Å². The van der Waals surface area contributed by atoms with Crippen LogP contribution in [0.25, 0.3) is 0 Å². The molecule has 0 unspecified atom stereocenters. The van der Waals surface area contributed by atoms with Crippen molar-refractivity contribution in [3.05, 3.63) is 29.8 Å². The molecule has 0 aliphatic carbocycles. The Morgan fingerprint density at radius 2 is 1.88 bits per heavy atom. The Hall–Kier alpha value is -2.04. The summed E-state index contributed by atoms with van der Waals surface area (Å²) in [6.07, 6.45) is 0.236. The molecule has 1 amide bonds. The predicted octanol–water partition coefficient (Wildman–Crippen LogP) is 2.43. The molecular formula is C12H15NO4. The van der Waals surface area contributed by atoms with Crippen molar-refractivity contribution in [3.63, 3.8) is 0 Å². The van der Waals surface area contributed by atoms with Gasteiger partial charge in [0.1, 0.15) is 0 Å². The van der Waals surface area contributed by atoms with E-state index in [-0.39, 0.29) is 5.97 Å². The van der Waals surface area contributed by atoms with Crippen LogP contribution in [0.3, 0.4) is 0 Å². The SMILES string of the molecule is CCCOC(=O)c1ccc(NC(=O)OC)cc1. The molecule has 0 atom stereocenters. The van der Waals surface area contributed by atoms with Crippen LogP contribution in [0, 0.1) is 0 Å². The Labute approximate surface area is 99.7 Å². The molecule has 0 aromatic heterocycles. The molecule has 0 radical (unpaired) electrons. The number of hydrogen-bond donors (Lipinski definition) is 1. The Balaban J connectivity index is 2.61. The summed E-state index contributed by atoms with van der Waals surface area (Å²) in [5.41, 5.74) is 1.01. The average molecular weight is 237 g/mol. The normalized spacial score (nSPS) is 9.53. The first-order valence-electron chi connectivity index (χ1n) is 5.29. The molecule has 0 aliphatic heterocycles. The van der Waals surface area contributed by atoms with E-state index in [4.69, 9.17) is 4.74 Å². The van der Waals surface area contributed by atoms with Crippen LogP contribution in [0.15, 0.2) is 24.3 Å². The van der Waals surface area contributed by atoms with Crippen LogP contribution >= 0.6 is 0 Å². The molecule has 0 spiro atoms. The minimum atomic E-state index is -0.550. The highest BCUT2D eigenvalue weighted by Crippen LogP contribution is 2.10. The molecule has 1 aromatic carbocycles. The predicted molar refractivity (Wildman–Crippen MR) is 63.0 cm³/mol. The Kier molecular flexibility index (Phi) is 5.00. The van der Waals surface area contributed by atoms with E-state index in [0.29, 0.717) is 17.9 Å². The zero-order valence-electron chi connectivity index (χ0n) is 9.86. The van der Waals surface area contributed by atoms with Gasteiger partial charge in [0.2, 0.25) is 0 Å². The fourth-order valence-electron chi connectivity index (χ4n) is 1.14. The van der Waals surface area contributed by atoms with Gasteiger partial charge in [-0.3, -0.25) is 5.32 Å². The number of hydrogen-bond acceptors (Lipinski definition) is 4. The first-order chi connectivity index (χ1) is 8.17. The van der Waals surface area contributed by atoms with Crippen molar-refractivity contribution in [2.24, 2.45) is 0 Å². The van der Waals surface area contributed by atoms with E-state index in [9.17, 15) is 9.59 Å². The largest absolute Gasteiger partial charge is 0.462 e. The van der Waals surface area contributed by atoms with Crippen LogP contribution in [-0.4, -0.2) is 25.8 Å². The molecule has 0 saturated carbocycles. The number of esters is 1. The smallest absolute Gasteiger partial charge is 0.411 e. The van der Waals surface area contributed by atoms with E-state index in [0.717, 1.165) is 6.42 Å². The van der Waals surface area contributed by atoms with E-state index in [1.807, 2.05) is 6.92 Å². The van der Waals surface area contributed by atoms with Crippen LogP contribution in [0.5, 0.6) is 0 Å². The Morgan fingerprint density at radius 3 is 2.41 bits per heavy atom. The second-order valence-electron chi connectivity index (χ2n) is 3.33. The molecular weight excluding hydrogens is 222 g/mol. The maximum atomic E-state index is 11.5. The highest BCUT2D eigenvalue weighted by molar-refractivity contribution is 5.91. The fraction of sp³-hybridized carbons (Fsp3) is 0.333. The molecule has 0 saturated heterocycles. The molecule has 0 fully saturated rings. The van der Waals surface area contributed by atoms with Crippen molar-refractivity contribution in [3.8, 4) is 0 Å². The van der Waals surface area contributed by atoms with Crippen LogP contribution in [0.1, 0.15) is 23.7 Å². The minimum Gasteiger partial charge on any atom is -0.462 e. The van der Waals surface area contributed by atoms with Gasteiger partial charge in [-0.05, 0) is 30.7 Å². The van der Waals surface area contributed by atoms with Gasteiger partial charge < -0.3 is 9.47 Å². The van der Waals surface area contributed by atoms with Gasteiger partial charge in [-0.1, -0.05) is 6.92 Å². The lowest BCUT2D eigenvalue weighted by atomic mass is 10.2. The van der Waals surface area contributed by atoms with Crippen molar-refractivity contribution < 1.29 is 19.1 Å². The number of nitrogens with one attached hydrogen (secondary N) is 1. The van der Waals surface area contributed by atoms with Gasteiger partial charge in [-0.2, -0.15) is 0 Å². The summed E-state index contributed by atoms with van der Waals surface area (Å²) >= 11 is 0. The molecule has 1 rings (SSSR count). The number of rotatable bonds is 4. The number of carbonyl (C=O) groups excluding carboxylic acids is 2. The molecule has 0 heterocycles. The third kappa shape index (κ3) is 4.14. The summed E-state index contributed by atoms with van der Waals surface area (Å²) in [6, 6.07) is 6.39. The van der Waals surface area contributed by atoms with Crippen molar-refractivity contribution in [1.82, 2.24) is 0 Å². The standard InChI is InChI=1S/C12H15NO4/c1-3-8-17-11(14)9-4-6-10(7-5-9)13-12(15)16-2/h4-7H,3,8H2,1-2H3,(H,13,15). The zero-order valence-corrected chi connectivity index (χ0v) is 9.86. The summed E-state index contributed by atoms with van der Waals surface area (Å²) in [6.45, 7) is 2.33. The molecule has 92 valence electrons. The van der Waals surface area contributed by atoms with Gasteiger partial charge in [0, 0.05) is 5.69 Å². The van der Waals surface area contributed by atoms with Crippen LogP contribution < -0.4 is 5.32 Å². The molecule has 0 aliphatic rings. The second-order valence-corrected chi connectivity index (χ2v) is 3.33. The van der Waals surface area contributed by atoms with Crippen LogP contribution in [0.2, 0.25) is 0 Å². The average Bonchev–Trinajstić information content (AvgIpc) is 2.36. The monoisotopic (exact) mass is 237 g/mol. The third-order valence-electron chi connectivity index (χ3n) is 1.99. The Bertz CT molecular complexity index is 386. The van der Waals surface area contributed by atoms with Crippen LogP contribution in [-0.2, 0) is 9.47 Å². The van der Waals surface area contributed by atoms with Gasteiger partial charge in [0.25, 0.3) is 0 Å². The van der Waals surface area contributed by atoms with Gasteiger partial charge in [-0.25, -0.2) is 9.59 Å². The highest BCUT2D eigenvalue weighted by Gasteiger charge is 2.07. The zero-order chi connectivity index (χ0) is 12.7. The first kappa shape index (κ1) is 13.0. The highest BCUT2D eigenvalue weighted by atomic mass is 16.5. The summed E-state index contributed by atoms with van der Waals surface area (Å²) in [4.78, 5) is 22.4. The summed E-state index contributed by atoms with van der Waals surface area (Å²) < 4.78 is 9.41. The molecule has 1 N–H and O–H groups in total. The van der Waals surface area contributed by atoms with Crippen molar-refractivity contribution in [1.29, 1.82) is 0 Å². The lowest BCUT2D eigenvalue weighted by molar-refractivity contribution is 0.0505. The lowest BCUT2D eigenvalue weighted by Gasteiger charge is -2.05. The van der Waals surface area contributed by atoms with Gasteiger partial charge in [-0.15, -0.1) is 0 Å². The maximum Gasteiger partial charge on any atom is 0.411 e. The first-order valence-corrected chi connectivity index (χ1v) is 5.29.